The van der Waals surface area contributed by atoms with E-state index in [0.717, 1.165) is 0 Å². The van der Waals surface area contributed by atoms with E-state index in [0.29, 0.717) is 11.1 Å². The summed E-state index contributed by atoms with van der Waals surface area (Å²) in [6, 6.07) is 10.5. The van der Waals surface area contributed by atoms with Gasteiger partial charge in [-0.3, -0.25) is 0 Å². The van der Waals surface area contributed by atoms with Gasteiger partial charge in [-0.25, -0.2) is 4.79 Å². The third-order valence-corrected chi connectivity index (χ3v) is 1.12. The molecule has 1 aromatic rings. The van der Waals surface area contributed by atoms with E-state index in [4.69, 9.17) is 25.5 Å². The highest BCUT2D eigenvalue weighted by molar-refractivity contribution is 5.53. The number of carbonyl (C=O) groups is 1. The number of rotatable bonds is 0. The number of nitrogens with zero attached hydrogens (tertiary/aromatic N) is 2. The lowest BCUT2D eigenvalue weighted by molar-refractivity contribution is 0.137. The zero-order valence-electron chi connectivity index (χ0n) is 7.01. The van der Waals surface area contributed by atoms with Gasteiger partial charge in [-0.1, -0.05) is 6.07 Å². The highest BCUT2D eigenvalue weighted by Crippen LogP contribution is 2.01. The summed E-state index contributed by atoms with van der Waals surface area (Å²) in [7, 11) is 0. The van der Waals surface area contributed by atoms with Crippen LogP contribution in [0.3, 0.4) is 0 Å². The summed E-state index contributed by atoms with van der Waals surface area (Å²) in [5, 5.41) is 30.7. The molecule has 0 aromatic heterocycles. The fraction of sp³-hybridized carbons (Fsp3) is 0. The van der Waals surface area contributed by atoms with Crippen molar-refractivity contribution in [1.82, 2.24) is 0 Å². The second kappa shape index (κ2) is 6.04. The quantitative estimate of drug-likeness (QED) is 0.647. The summed E-state index contributed by atoms with van der Waals surface area (Å²) in [6.45, 7) is 0. The molecule has 0 spiro atoms. The van der Waals surface area contributed by atoms with Crippen molar-refractivity contribution in [2.75, 3.05) is 0 Å². The molecule has 0 amide bonds. The summed E-state index contributed by atoms with van der Waals surface area (Å²) >= 11 is 0. The van der Waals surface area contributed by atoms with Crippen molar-refractivity contribution >= 4 is 6.16 Å². The highest BCUT2D eigenvalue weighted by Gasteiger charge is 1.90. The molecular weight excluding hydrogens is 184 g/mol. The largest absolute Gasteiger partial charge is 0.503 e. The Kier molecular flexibility index (Phi) is 4.95. The molecule has 0 aliphatic carbocycles. The minimum Gasteiger partial charge on any atom is -0.450 e. The molecule has 0 bridgehead atoms. The number of hydrogen-bond donors (Lipinski definition) is 2. The first-order valence-electron chi connectivity index (χ1n) is 3.42. The average Bonchev–Trinajstić information content (AvgIpc) is 2.17. The molecule has 14 heavy (non-hydrogen) atoms. The molecule has 0 fully saturated rings. The number of carboxylic acid groups (broad SMARTS) is 2. The van der Waals surface area contributed by atoms with Gasteiger partial charge in [0.05, 0.1) is 23.3 Å². The molecule has 2 N–H and O–H groups in total. The third kappa shape index (κ3) is 5.16. The van der Waals surface area contributed by atoms with Gasteiger partial charge in [-0.05, 0) is 18.2 Å². The number of nitriles is 2. The summed E-state index contributed by atoms with van der Waals surface area (Å²) < 4.78 is 0. The maximum absolute atomic E-state index is 8.56. The number of benzene rings is 1. The minimum absolute atomic E-state index is 0.527. The van der Waals surface area contributed by atoms with Crippen molar-refractivity contribution in [3.63, 3.8) is 0 Å². The maximum Gasteiger partial charge on any atom is 0.503 e. The first-order chi connectivity index (χ1) is 6.60. The van der Waals surface area contributed by atoms with Gasteiger partial charge < -0.3 is 10.2 Å². The molecule has 0 unspecified atom stereocenters. The van der Waals surface area contributed by atoms with Crippen LogP contribution in [0.15, 0.2) is 24.3 Å². The van der Waals surface area contributed by atoms with Gasteiger partial charge in [-0.2, -0.15) is 10.5 Å². The average molecular weight is 190 g/mol. The number of hydrogen-bond acceptors (Lipinski definition) is 3. The molecule has 1 rings (SSSR count). The lowest BCUT2D eigenvalue weighted by atomic mass is 10.2. The minimum atomic E-state index is -1.83. The second-order valence-electron chi connectivity index (χ2n) is 2.09. The van der Waals surface area contributed by atoms with Gasteiger partial charge in [0, 0.05) is 0 Å². The molecule has 5 heteroatoms. The monoisotopic (exact) mass is 190 g/mol. The summed E-state index contributed by atoms with van der Waals surface area (Å²) in [6.07, 6.45) is -1.83. The molecule has 5 nitrogen and oxygen atoms in total. The third-order valence-electron chi connectivity index (χ3n) is 1.12. The van der Waals surface area contributed by atoms with Crippen LogP contribution in [0.5, 0.6) is 0 Å². The van der Waals surface area contributed by atoms with E-state index in [2.05, 4.69) is 0 Å². The summed E-state index contributed by atoms with van der Waals surface area (Å²) in [5.74, 6) is 0. The predicted molar refractivity (Wildman–Crippen MR) is 46.5 cm³/mol. The van der Waals surface area contributed by atoms with Crippen molar-refractivity contribution in [2.45, 2.75) is 0 Å². The fourth-order valence-electron chi connectivity index (χ4n) is 0.658. The van der Waals surface area contributed by atoms with E-state index in [1.54, 1.807) is 24.3 Å². The Labute approximate surface area is 80.1 Å². The van der Waals surface area contributed by atoms with Crippen molar-refractivity contribution in [3.05, 3.63) is 35.4 Å². The van der Waals surface area contributed by atoms with E-state index >= 15 is 0 Å². The van der Waals surface area contributed by atoms with Crippen LogP contribution in [-0.2, 0) is 0 Å². The van der Waals surface area contributed by atoms with Gasteiger partial charge in [0.25, 0.3) is 0 Å². The van der Waals surface area contributed by atoms with Gasteiger partial charge in [0.15, 0.2) is 0 Å². The second-order valence-corrected chi connectivity index (χ2v) is 2.09. The van der Waals surface area contributed by atoms with Gasteiger partial charge in [-0.15, -0.1) is 0 Å². The Morgan fingerprint density at radius 3 is 1.79 bits per heavy atom. The van der Waals surface area contributed by atoms with Crippen molar-refractivity contribution in [1.29, 1.82) is 10.5 Å². The van der Waals surface area contributed by atoms with Crippen LogP contribution in [-0.4, -0.2) is 16.4 Å². The summed E-state index contributed by atoms with van der Waals surface area (Å²) in [5.41, 5.74) is 1.05. The van der Waals surface area contributed by atoms with E-state index in [1.165, 1.54) is 0 Å². The molecule has 1 aromatic carbocycles. The maximum atomic E-state index is 8.56. The Bertz CT molecular complexity index is 368. The highest BCUT2D eigenvalue weighted by atomic mass is 16.6. The standard InChI is InChI=1S/C8H4N2.CH2O3/c9-5-7-2-1-3-8(4-7)6-10;2-1(3)4/h1-4H;(H2,2,3,4). The Morgan fingerprint density at radius 1 is 1.14 bits per heavy atom. The topological polar surface area (TPSA) is 105 Å². The van der Waals surface area contributed by atoms with E-state index < -0.39 is 6.16 Å². The van der Waals surface area contributed by atoms with Crippen molar-refractivity contribution < 1.29 is 15.0 Å². The SMILES string of the molecule is N#Cc1cccc(C#N)c1.O=C(O)O. The van der Waals surface area contributed by atoms with Gasteiger partial charge in [0.1, 0.15) is 0 Å². The molecule has 0 saturated heterocycles. The van der Waals surface area contributed by atoms with E-state index in [1.807, 2.05) is 12.1 Å². The van der Waals surface area contributed by atoms with Crippen LogP contribution in [0.4, 0.5) is 4.79 Å². The van der Waals surface area contributed by atoms with Crippen molar-refractivity contribution in [3.8, 4) is 12.1 Å². The van der Waals surface area contributed by atoms with Crippen LogP contribution in [0, 0.1) is 22.7 Å². The van der Waals surface area contributed by atoms with Crippen LogP contribution in [0.1, 0.15) is 11.1 Å². The van der Waals surface area contributed by atoms with Crippen LogP contribution < -0.4 is 0 Å². The van der Waals surface area contributed by atoms with Crippen LogP contribution >= 0.6 is 0 Å². The van der Waals surface area contributed by atoms with Gasteiger partial charge >= 0.3 is 6.16 Å². The lowest BCUT2D eigenvalue weighted by Crippen LogP contribution is -1.81. The molecule has 0 aliphatic rings. The van der Waals surface area contributed by atoms with E-state index in [-0.39, 0.29) is 0 Å². The van der Waals surface area contributed by atoms with Crippen LogP contribution in [0.25, 0.3) is 0 Å². The van der Waals surface area contributed by atoms with E-state index in [9.17, 15) is 0 Å². The van der Waals surface area contributed by atoms with Crippen molar-refractivity contribution in [2.24, 2.45) is 0 Å². The first-order valence-corrected chi connectivity index (χ1v) is 3.42. The summed E-state index contributed by atoms with van der Waals surface area (Å²) in [4.78, 5) is 8.56. The smallest absolute Gasteiger partial charge is 0.450 e. The Balaban J connectivity index is 0.000000364. The molecule has 70 valence electrons. The predicted octanol–water partition coefficient (Wildman–Crippen LogP) is 1.65. The zero-order chi connectivity index (χ0) is 11.0. The normalized spacial score (nSPS) is 7.29. The zero-order valence-corrected chi connectivity index (χ0v) is 7.01. The van der Waals surface area contributed by atoms with Gasteiger partial charge in [0.2, 0.25) is 0 Å². The Hall–Kier alpha value is -2.53. The Morgan fingerprint density at radius 2 is 1.50 bits per heavy atom. The molecule has 0 radical (unpaired) electrons. The molecule has 0 aliphatic heterocycles. The van der Waals surface area contributed by atoms with Crippen LogP contribution in [0.2, 0.25) is 0 Å². The molecule has 0 saturated carbocycles. The fourth-order valence-corrected chi connectivity index (χ4v) is 0.658. The molecule has 0 atom stereocenters. The molecular formula is C9H6N2O3. The molecule has 0 heterocycles. The first kappa shape index (κ1) is 11.5. The lowest BCUT2D eigenvalue weighted by Gasteiger charge is -1.86.